The van der Waals surface area contributed by atoms with Crippen LogP contribution in [0.5, 0.6) is 0 Å². The van der Waals surface area contributed by atoms with Crippen molar-refractivity contribution < 1.29 is 14.4 Å². The van der Waals surface area contributed by atoms with Crippen molar-refractivity contribution in [1.82, 2.24) is 25.2 Å². The van der Waals surface area contributed by atoms with Gasteiger partial charge in [0.15, 0.2) is 0 Å². The van der Waals surface area contributed by atoms with Crippen LogP contribution < -0.4 is 15.2 Å². The molecule has 10 nitrogen and oxygen atoms in total. The third-order valence-corrected chi connectivity index (χ3v) is 5.80. The molecule has 2 saturated heterocycles. The monoisotopic (exact) mass is 397 g/mol. The van der Waals surface area contributed by atoms with Crippen LogP contribution in [0.3, 0.4) is 0 Å². The number of likely N-dealkylation sites (tertiary alicyclic amines) is 1. The van der Waals surface area contributed by atoms with E-state index in [2.05, 4.69) is 10.4 Å². The largest absolute Gasteiger partial charge is 0.339 e. The number of nitrogens with zero attached hydrogens (tertiary/aromatic N) is 5. The summed E-state index contributed by atoms with van der Waals surface area (Å²) in [6, 6.07) is 1.63. The highest BCUT2D eigenvalue weighted by molar-refractivity contribution is 6.02. The van der Waals surface area contributed by atoms with Crippen molar-refractivity contribution in [2.24, 2.45) is 0 Å². The van der Waals surface area contributed by atoms with Gasteiger partial charge in [0, 0.05) is 39.0 Å². The molecule has 1 unspecified atom stereocenters. The zero-order valence-electron chi connectivity index (χ0n) is 16.4. The Morgan fingerprint density at radius 1 is 1.21 bits per heavy atom. The summed E-state index contributed by atoms with van der Waals surface area (Å²) in [6.45, 7) is 3.39. The Balaban J connectivity index is 1.47. The first-order valence-corrected chi connectivity index (χ1v) is 9.74. The third kappa shape index (κ3) is 2.70. The van der Waals surface area contributed by atoms with Crippen LogP contribution in [0.1, 0.15) is 30.3 Å². The topological polar surface area (TPSA) is 95.2 Å². The molecule has 152 valence electrons. The number of hydrogen-bond donors (Lipinski definition) is 2. The average Bonchev–Trinajstić information content (AvgIpc) is 3.45. The van der Waals surface area contributed by atoms with E-state index in [1.165, 1.54) is 11.9 Å². The molecule has 4 aliphatic rings. The summed E-state index contributed by atoms with van der Waals surface area (Å²) in [5.41, 5.74) is 5.11. The van der Waals surface area contributed by atoms with Gasteiger partial charge in [-0.05, 0) is 31.1 Å². The molecule has 0 bridgehead atoms. The lowest BCUT2D eigenvalue weighted by Gasteiger charge is -2.27. The number of rotatable bonds is 2. The minimum atomic E-state index is -0.289. The Kier molecular flexibility index (Phi) is 3.91. The van der Waals surface area contributed by atoms with Gasteiger partial charge in [-0.3, -0.25) is 24.4 Å². The summed E-state index contributed by atoms with van der Waals surface area (Å²) in [4.78, 5) is 47.4. The van der Waals surface area contributed by atoms with Crippen molar-refractivity contribution in [3.05, 3.63) is 35.8 Å². The smallest absolute Gasteiger partial charge is 0.337 e. The predicted molar refractivity (Wildman–Crippen MR) is 106 cm³/mol. The summed E-state index contributed by atoms with van der Waals surface area (Å²) in [7, 11) is 1.68. The van der Waals surface area contributed by atoms with Gasteiger partial charge in [-0.1, -0.05) is 0 Å². The van der Waals surface area contributed by atoms with Gasteiger partial charge in [0.2, 0.25) is 5.91 Å². The van der Waals surface area contributed by atoms with Crippen molar-refractivity contribution in [3.8, 4) is 0 Å². The van der Waals surface area contributed by atoms with Crippen LogP contribution in [0.4, 0.5) is 16.3 Å². The predicted octanol–water partition coefficient (Wildman–Crippen LogP) is 0.990. The zero-order valence-corrected chi connectivity index (χ0v) is 16.4. The van der Waals surface area contributed by atoms with E-state index in [4.69, 9.17) is 0 Å². The van der Waals surface area contributed by atoms with Crippen molar-refractivity contribution in [3.63, 3.8) is 0 Å². The number of carbonyl (C=O) groups excluding carboxylic acids is 3. The van der Waals surface area contributed by atoms with Crippen molar-refractivity contribution >= 4 is 29.4 Å². The molecule has 2 fully saturated rings. The lowest BCUT2D eigenvalue weighted by atomic mass is 10.2. The van der Waals surface area contributed by atoms with E-state index in [-0.39, 0.29) is 24.0 Å². The van der Waals surface area contributed by atoms with Gasteiger partial charge < -0.3 is 14.8 Å². The molecule has 10 heteroatoms. The van der Waals surface area contributed by atoms with Crippen molar-refractivity contribution in [2.45, 2.75) is 25.9 Å². The van der Waals surface area contributed by atoms with E-state index >= 15 is 0 Å². The number of anilines is 2. The second kappa shape index (κ2) is 6.38. The van der Waals surface area contributed by atoms with E-state index in [1.807, 2.05) is 22.0 Å². The fraction of sp³-hybridized carbons (Fsp3) is 0.421. The van der Waals surface area contributed by atoms with E-state index in [0.717, 1.165) is 31.6 Å². The van der Waals surface area contributed by atoms with E-state index in [9.17, 15) is 14.4 Å². The molecule has 0 saturated carbocycles. The Hall–Kier alpha value is -3.27. The van der Waals surface area contributed by atoms with E-state index in [1.54, 1.807) is 29.1 Å². The molecule has 29 heavy (non-hydrogen) atoms. The van der Waals surface area contributed by atoms with E-state index in [0.29, 0.717) is 23.9 Å². The molecule has 0 spiro atoms. The number of H-pyrrole nitrogens is 1. The number of nitrogens with one attached hydrogen (secondary N) is 2. The third-order valence-electron chi connectivity index (χ3n) is 5.80. The number of carbonyl (C=O) groups is 3. The van der Waals surface area contributed by atoms with Crippen LogP contribution in [-0.2, 0) is 4.79 Å². The minimum Gasteiger partial charge on any atom is -0.337 e. The van der Waals surface area contributed by atoms with Gasteiger partial charge in [-0.15, -0.1) is 0 Å². The quantitative estimate of drug-likeness (QED) is 0.776. The van der Waals surface area contributed by atoms with Gasteiger partial charge in [0.1, 0.15) is 24.3 Å². The van der Waals surface area contributed by atoms with E-state index < -0.39 is 0 Å². The van der Waals surface area contributed by atoms with Gasteiger partial charge in [-0.2, -0.15) is 0 Å². The lowest BCUT2D eigenvalue weighted by molar-refractivity contribution is -0.116. The Bertz CT molecular complexity index is 959. The van der Waals surface area contributed by atoms with Gasteiger partial charge in [0.25, 0.3) is 5.91 Å². The molecule has 0 radical (unpaired) electrons. The van der Waals surface area contributed by atoms with Crippen LogP contribution in [0, 0.1) is 0 Å². The molecular formula is C19H23N7O3. The second-order valence-corrected chi connectivity index (χ2v) is 7.66. The highest BCUT2D eigenvalue weighted by Gasteiger charge is 2.38. The van der Waals surface area contributed by atoms with Crippen LogP contribution in [0.15, 0.2) is 30.1 Å². The number of fused-ring (bicyclic) bond motifs is 2. The number of hydrogen-bond acceptors (Lipinski definition) is 5. The van der Waals surface area contributed by atoms with Crippen LogP contribution in [0.25, 0.3) is 0 Å². The van der Waals surface area contributed by atoms with Crippen molar-refractivity contribution in [1.29, 1.82) is 0 Å². The standard InChI is InChI=1S/C19H23N7O3/c1-12(27)25-11-26(13-5-8-24-16(9-13)21-22(2)19(24)29)17-15(25)10-14(20-17)18(28)23-6-3-4-7-23/h5,8-10,16,20-21H,3-4,6-7,11H2,1-2H3. The molecule has 1 atom stereocenters. The normalized spacial score (nSPS) is 23.1. The zero-order chi connectivity index (χ0) is 20.3. The number of aromatic amines is 1. The second-order valence-electron chi connectivity index (χ2n) is 7.66. The van der Waals surface area contributed by atoms with Crippen LogP contribution in [0.2, 0.25) is 0 Å². The molecule has 1 aromatic heterocycles. The van der Waals surface area contributed by atoms with Gasteiger partial charge >= 0.3 is 6.03 Å². The summed E-state index contributed by atoms with van der Waals surface area (Å²) in [5.74, 6) is 0.581. The molecule has 0 aliphatic carbocycles. The first kappa shape index (κ1) is 17.8. The maximum absolute atomic E-state index is 12.8. The molecule has 2 N–H and O–H groups in total. The number of aromatic nitrogens is 1. The summed E-state index contributed by atoms with van der Waals surface area (Å²) < 4.78 is 0. The maximum atomic E-state index is 12.8. The molecule has 4 amide bonds. The fourth-order valence-corrected chi connectivity index (χ4v) is 4.25. The first-order chi connectivity index (χ1) is 13.9. The van der Waals surface area contributed by atoms with Crippen LogP contribution in [-0.4, -0.2) is 70.6 Å². The lowest BCUT2D eigenvalue weighted by Crippen LogP contribution is -2.39. The number of hydrazine groups is 1. The number of amides is 4. The minimum absolute atomic E-state index is 0.0376. The highest BCUT2D eigenvalue weighted by atomic mass is 16.2. The average molecular weight is 397 g/mol. The Labute approximate surface area is 168 Å². The SMILES string of the molecule is CC(=O)N1CN(C2=CC3NN(C)C(=O)N3C=C2)c2[nH]c(C(=O)N3CCCC3)cc21. The first-order valence-electron chi connectivity index (χ1n) is 9.74. The fourth-order valence-electron chi connectivity index (χ4n) is 4.25. The number of urea groups is 1. The van der Waals surface area contributed by atoms with Crippen LogP contribution >= 0.6 is 0 Å². The molecule has 4 aliphatic heterocycles. The summed E-state index contributed by atoms with van der Waals surface area (Å²) in [5, 5.41) is 1.44. The summed E-state index contributed by atoms with van der Waals surface area (Å²) in [6.07, 6.45) is 7.25. The molecule has 0 aromatic carbocycles. The molecular weight excluding hydrogens is 374 g/mol. The summed E-state index contributed by atoms with van der Waals surface area (Å²) >= 11 is 0. The Morgan fingerprint density at radius 2 is 1.97 bits per heavy atom. The molecule has 1 aromatic rings. The highest BCUT2D eigenvalue weighted by Crippen LogP contribution is 2.40. The maximum Gasteiger partial charge on any atom is 0.339 e. The van der Waals surface area contributed by atoms with Gasteiger partial charge in [0.05, 0.1) is 5.69 Å². The molecule has 5 rings (SSSR count). The Morgan fingerprint density at radius 3 is 2.69 bits per heavy atom. The number of allylic oxidation sites excluding steroid dienone is 1. The van der Waals surface area contributed by atoms with Crippen molar-refractivity contribution in [2.75, 3.05) is 36.6 Å². The molecule has 5 heterocycles. The van der Waals surface area contributed by atoms with Gasteiger partial charge in [-0.25, -0.2) is 10.2 Å².